The summed E-state index contributed by atoms with van der Waals surface area (Å²) in [7, 11) is 1.62. The number of aliphatic hydroxyl groups is 1. The Hall–Kier alpha value is -4.29. The molecule has 2 heterocycles. The minimum atomic E-state index is -0.717. The number of aromatic nitrogens is 2. The molecule has 1 N–H and O–H groups in total. The lowest BCUT2D eigenvalue weighted by Crippen LogP contribution is -2.32. The van der Waals surface area contributed by atoms with Crippen molar-refractivity contribution in [3.05, 3.63) is 77.6 Å². The zero-order chi connectivity index (χ0) is 26.1. The number of ether oxygens (including phenoxy) is 2. The third kappa shape index (κ3) is 5.85. The van der Waals surface area contributed by atoms with E-state index in [2.05, 4.69) is 23.0 Å². The second-order valence-corrected chi connectivity index (χ2v) is 7.63. The molecule has 4 rings (SSSR count). The second kappa shape index (κ2) is 12.4. The first-order chi connectivity index (χ1) is 17.5. The Labute approximate surface area is 210 Å². The number of hydrogen-bond donors (Lipinski definition) is 1. The third-order valence-electron chi connectivity index (χ3n) is 5.32. The van der Waals surface area contributed by atoms with Crippen LogP contribution in [0.2, 0.25) is 0 Å². The maximum absolute atomic E-state index is 14.0. The number of methoxy groups -OCH3 is 1. The second-order valence-electron chi connectivity index (χ2n) is 7.63. The van der Waals surface area contributed by atoms with Gasteiger partial charge in [-0.05, 0) is 55.8 Å². The average molecular weight is 493 g/mol. The van der Waals surface area contributed by atoms with Gasteiger partial charge in [0.2, 0.25) is 6.23 Å². The summed E-state index contributed by atoms with van der Waals surface area (Å²) in [5, 5.41) is 13.8. The van der Waals surface area contributed by atoms with E-state index in [0.29, 0.717) is 29.5 Å². The first kappa shape index (κ1) is 26.3. The highest BCUT2D eigenvalue weighted by Gasteiger charge is 2.32. The molecule has 188 valence electrons. The predicted molar refractivity (Wildman–Crippen MR) is 136 cm³/mol. The molecular weight excluding hydrogens is 463 g/mol. The van der Waals surface area contributed by atoms with Crippen molar-refractivity contribution < 1.29 is 23.8 Å². The smallest absolute Gasteiger partial charge is 0.231 e. The van der Waals surface area contributed by atoms with E-state index in [1.807, 2.05) is 48.9 Å². The molecule has 0 unspecified atom stereocenters. The zero-order valence-electron chi connectivity index (χ0n) is 20.5. The Balaban J connectivity index is 0.00000176. The fraction of sp³-hybridized carbons (Fsp3) is 0.259. The molecular formula is C27H29FN4O4. The molecule has 0 radical (unpaired) electrons. The van der Waals surface area contributed by atoms with E-state index in [4.69, 9.17) is 14.3 Å². The quantitative estimate of drug-likeness (QED) is 0.448. The molecule has 1 atom stereocenters. The van der Waals surface area contributed by atoms with E-state index in [1.165, 1.54) is 12.1 Å². The van der Waals surface area contributed by atoms with Crippen LogP contribution in [0, 0.1) is 25.6 Å². The van der Waals surface area contributed by atoms with Crippen molar-refractivity contribution in [3.63, 3.8) is 0 Å². The molecule has 0 amide bonds. The number of imidazole rings is 1. The van der Waals surface area contributed by atoms with Crippen LogP contribution in [0.4, 0.5) is 4.39 Å². The molecule has 0 aliphatic carbocycles. The van der Waals surface area contributed by atoms with Crippen molar-refractivity contribution in [1.82, 2.24) is 14.5 Å². The Morgan fingerprint density at radius 1 is 1.17 bits per heavy atom. The summed E-state index contributed by atoms with van der Waals surface area (Å²) >= 11 is 0. The lowest BCUT2D eigenvalue weighted by Gasteiger charge is -2.25. The van der Waals surface area contributed by atoms with E-state index in [-0.39, 0.29) is 13.2 Å². The van der Waals surface area contributed by atoms with Gasteiger partial charge in [-0.25, -0.2) is 9.37 Å². The van der Waals surface area contributed by atoms with Gasteiger partial charge in [-0.3, -0.25) is 0 Å². The number of benzene rings is 2. The highest BCUT2D eigenvalue weighted by Crippen LogP contribution is 2.35. The van der Waals surface area contributed by atoms with Crippen LogP contribution in [-0.4, -0.2) is 52.3 Å². The first-order valence-corrected chi connectivity index (χ1v) is 11.3. The largest absolute Gasteiger partial charge is 0.495 e. The van der Waals surface area contributed by atoms with Gasteiger partial charge in [0.1, 0.15) is 17.3 Å². The van der Waals surface area contributed by atoms with Gasteiger partial charge in [0.15, 0.2) is 5.84 Å². The fourth-order valence-electron chi connectivity index (χ4n) is 3.76. The van der Waals surface area contributed by atoms with Crippen LogP contribution in [0.5, 0.6) is 11.5 Å². The van der Waals surface area contributed by atoms with Gasteiger partial charge in [-0.1, -0.05) is 17.3 Å². The number of β-amino-alcohol motifs (C(OH)–C–C–N with tert-alkyl or cyclic N) is 1. The molecule has 3 aromatic rings. The SMILES string of the molecule is C#C.CCOc1ccc(F)cc1[C@@H]1ON=C(/C=C/c2ccc(-n3cnc(C)c3)c(OC)c2)N1CCO. The number of aryl methyl sites for hydroxylation is 1. The topological polar surface area (TPSA) is 81.3 Å². The normalized spacial score (nSPS) is 14.7. The molecule has 0 saturated carbocycles. The Morgan fingerprint density at radius 3 is 2.64 bits per heavy atom. The van der Waals surface area contributed by atoms with E-state index < -0.39 is 12.0 Å². The summed E-state index contributed by atoms with van der Waals surface area (Å²) in [5.41, 5.74) is 3.17. The van der Waals surface area contributed by atoms with Gasteiger partial charge >= 0.3 is 0 Å². The lowest BCUT2D eigenvalue weighted by molar-refractivity contribution is 0.00185. The van der Waals surface area contributed by atoms with Crippen molar-refractivity contribution in [2.24, 2.45) is 5.16 Å². The number of oxime groups is 1. The number of hydrogen-bond acceptors (Lipinski definition) is 7. The Morgan fingerprint density at radius 2 is 1.97 bits per heavy atom. The molecule has 0 saturated heterocycles. The number of halogens is 1. The Bertz CT molecular complexity index is 1250. The number of rotatable bonds is 9. The van der Waals surface area contributed by atoms with E-state index in [0.717, 1.165) is 16.9 Å². The highest BCUT2D eigenvalue weighted by atomic mass is 19.1. The summed E-state index contributed by atoms with van der Waals surface area (Å²) in [6.45, 7) is 4.33. The van der Waals surface area contributed by atoms with Crippen LogP contribution >= 0.6 is 0 Å². The van der Waals surface area contributed by atoms with Crippen LogP contribution in [0.15, 0.2) is 60.2 Å². The third-order valence-corrected chi connectivity index (χ3v) is 5.32. The molecule has 0 spiro atoms. The monoisotopic (exact) mass is 492 g/mol. The van der Waals surface area contributed by atoms with E-state index in [1.54, 1.807) is 30.5 Å². The number of aliphatic hydroxyl groups excluding tert-OH is 1. The minimum Gasteiger partial charge on any atom is -0.495 e. The minimum absolute atomic E-state index is 0.126. The molecule has 0 fully saturated rings. The maximum Gasteiger partial charge on any atom is 0.231 e. The molecule has 2 aromatic carbocycles. The maximum atomic E-state index is 14.0. The van der Waals surface area contributed by atoms with Gasteiger partial charge in [0, 0.05) is 12.7 Å². The standard InChI is InChI=1S/C25H27FN4O4.C2H2/c1-4-33-22-9-7-19(26)14-20(22)25-30(11-12-31)24(28-34-25)10-6-18-5-8-21(23(13-18)32-3)29-15-17(2)27-16-29;1-2/h5-10,13-16,25,31H,4,11-12H2,1-3H3;1-2H/b10-6+;/t25-;/m0./s1. The van der Waals surface area contributed by atoms with Crippen molar-refractivity contribution in [2.75, 3.05) is 26.9 Å². The van der Waals surface area contributed by atoms with Gasteiger partial charge in [-0.15, -0.1) is 12.8 Å². The van der Waals surface area contributed by atoms with E-state index in [9.17, 15) is 9.50 Å². The van der Waals surface area contributed by atoms with Gasteiger partial charge < -0.3 is 28.9 Å². The Kier molecular flexibility index (Phi) is 9.08. The van der Waals surface area contributed by atoms with Crippen molar-refractivity contribution >= 4 is 11.9 Å². The molecule has 9 heteroatoms. The highest BCUT2D eigenvalue weighted by molar-refractivity contribution is 5.97. The van der Waals surface area contributed by atoms with Crippen molar-refractivity contribution in [1.29, 1.82) is 0 Å². The predicted octanol–water partition coefficient (Wildman–Crippen LogP) is 4.33. The first-order valence-electron chi connectivity index (χ1n) is 11.3. The van der Waals surface area contributed by atoms with Gasteiger partial charge in [-0.2, -0.15) is 0 Å². The summed E-state index contributed by atoms with van der Waals surface area (Å²) in [5.74, 6) is 1.29. The van der Waals surface area contributed by atoms with Gasteiger partial charge in [0.05, 0.1) is 43.6 Å². The number of nitrogens with zero attached hydrogens (tertiary/aromatic N) is 4. The van der Waals surface area contributed by atoms with Crippen LogP contribution in [-0.2, 0) is 4.84 Å². The average Bonchev–Trinajstić information content (AvgIpc) is 3.51. The fourth-order valence-corrected chi connectivity index (χ4v) is 3.76. The van der Waals surface area contributed by atoms with E-state index >= 15 is 0 Å². The summed E-state index contributed by atoms with van der Waals surface area (Å²) < 4.78 is 27.1. The van der Waals surface area contributed by atoms with Crippen LogP contribution in [0.25, 0.3) is 11.8 Å². The van der Waals surface area contributed by atoms with Crippen LogP contribution < -0.4 is 9.47 Å². The molecule has 0 bridgehead atoms. The zero-order valence-corrected chi connectivity index (χ0v) is 20.5. The van der Waals surface area contributed by atoms with Crippen molar-refractivity contribution in [2.45, 2.75) is 20.1 Å². The molecule has 1 aliphatic rings. The van der Waals surface area contributed by atoms with Crippen LogP contribution in [0.3, 0.4) is 0 Å². The molecule has 8 nitrogen and oxygen atoms in total. The molecule has 1 aliphatic heterocycles. The van der Waals surface area contributed by atoms with Crippen molar-refractivity contribution in [3.8, 4) is 30.0 Å². The summed E-state index contributed by atoms with van der Waals surface area (Å²) in [4.78, 5) is 11.7. The summed E-state index contributed by atoms with van der Waals surface area (Å²) in [6, 6.07) is 10.1. The molecule has 36 heavy (non-hydrogen) atoms. The van der Waals surface area contributed by atoms with Crippen LogP contribution in [0.1, 0.15) is 30.0 Å². The summed E-state index contributed by atoms with van der Waals surface area (Å²) in [6.07, 6.45) is 14.6. The van der Waals surface area contributed by atoms with Gasteiger partial charge in [0.25, 0.3) is 0 Å². The molecule has 1 aromatic heterocycles. The lowest BCUT2D eigenvalue weighted by atomic mass is 10.1. The number of terminal acetylenes is 1. The number of amidine groups is 1.